The van der Waals surface area contributed by atoms with Gasteiger partial charge in [-0.3, -0.25) is 0 Å². The molecule has 0 aromatic rings. The van der Waals surface area contributed by atoms with Crippen molar-refractivity contribution >= 4 is 7.12 Å². The van der Waals surface area contributed by atoms with Crippen molar-refractivity contribution in [1.82, 2.24) is 0 Å². The van der Waals surface area contributed by atoms with E-state index in [-0.39, 0.29) is 18.3 Å². The predicted octanol–water partition coefficient (Wildman–Crippen LogP) is 6.78. The van der Waals surface area contributed by atoms with E-state index >= 15 is 0 Å². The standard InChI is InChI=1S/C20H41BO2/c1-7-9-11-12-13-15-17-18(16-14-10-8-2)21-22-19(3,4)20(5,6)23-21/h18H,7-17H2,1-6H3. The topological polar surface area (TPSA) is 18.5 Å². The lowest BCUT2D eigenvalue weighted by Gasteiger charge is -2.32. The molecule has 136 valence electrons. The van der Waals surface area contributed by atoms with Crippen LogP contribution in [-0.4, -0.2) is 18.3 Å². The second-order valence-corrected chi connectivity index (χ2v) is 8.44. The van der Waals surface area contributed by atoms with Gasteiger partial charge in [-0.2, -0.15) is 0 Å². The summed E-state index contributed by atoms with van der Waals surface area (Å²) in [5, 5.41) is 0. The average molecular weight is 324 g/mol. The fraction of sp³-hybridized carbons (Fsp3) is 1.00. The van der Waals surface area contributed by atoms with Gasteiger partial charge < -0.3 is 9.31 Å². The smallest absolute Gasteiger partial charge is 0.403 e. The van der Waals surface area contributed by atoms with Gasteiger partial charge >= 0.3 is 7.12 Å². The highest BCUT2D eigenvalue weighted by Gasteiger charge is 2.53. The Labute approximate surface area is 146 Å². The van der Waals surface area contributed by atoms with E-state index in [9.17, 15) is 0 Å². The van der Waals surface area contributed by atoms with Gasteiger partial charge in [0, 0.05) is 0 Å². The summed E-state index contributed by atoms with van der Waals surface area (Å²) in [4.78, 5) is 0. The first kappa shape index (κ1) is 21.0. The van der Waals surface area contributed by atoms with Crippen molar-refractivity contribution < 1.29 is 9.31 Å². The van der Waals surface area contributed by atoms with Gasteiger partial charge in [0.15, 0.2) is 0 Å². The molecule has 0 aromatic heterocycles. The van der Waals surface area contributed by atoms with Gasteiger partial charge in [-0.1, -0.05) is 84.5 Å². The molecule has 1 aliphatic heterocycles. The molecule has 1 aliphatic rings. The zero-order valence-corrected chi connectivity index (χ0v) is 16.7. The Morgan fingerprint density at radius 1 is 0.652 bits per heavy atom. The third-order valence-electron chi connectivity index (χ3n) is 5.76. The summed E-state index contributed by atoms with van der Waals surface area (Å²) in [6, 6.07) is 0. The third kappa shape index (κ3) is 6.78. The van der Waals surface area contributed by atoms with Crippen LogP contribution in [0.1, 0.15) is 112 Å². The normalized spacial score (nSPS) is 20.9. The van der Waals surface area contributed by atoms with E-state index in [0.29, 0.717) is 5.82 Å². The predicted molar refractivity (Wildman–Crippen MR) is 102 cm³/mol. The van der Waals surface area contributed by atoms with Crippen molar-refractivity contribution in [3.05, 3.63) is 0 Å². The molecular weight excluding hydrogens is 283 g/mol. The first-order valence-corrected chi connectivity index (χ1v) is 10.2. The Bertz CT molecular complexity index is 299. The van der Waals surface area contributed by atoms with Crippen molar-refractivity contribution in [1.29, 1.82) is 0 Å². The highest BCUT2D eigenvalue weighted by Crippen LogP contribution is 2.42. The molecule has 0 aromatic carbocycles. The first-order valence-electron chi connectivity index (χ1n) is 10.2. The quantitative estimate of drug-likeness (QED) is 0.291. The Balaban J connectivity index is 2.46. The van der Waals surface area contributed by atoms with Crippen LogP contribution in [0.5, 0.6) is 0 Å². The summed E-state index contributed by atoms with van der Waals surface area (Å²) in [7, 11) is -0.00695. The largest absolute Gasteiger partial charge is 0.461 e. The zero-order valence-electron chi connectivity index (χ0n) is 16.7. The molecule has 0 radical (unpaired) electrons. The van der Waals surface area contributed by atoms with E-state index in [1.807, 2.05) is 0 Å². The van der Waals surface area contributed by atoms with Crippen molar-refractivity contribution in [3.63, 3.8) is 0 Å². The minimum absolute atomic E-state index is 0.00695. The lowest BCUT2D eigenvalue weighted by molar-refractivity contribution is 0.00578. The summed E-state index contributed by atoms with van der Waals surface area (Å²) in [6.45, 7) is 13.2. The SMILES string of the molecule is CCCCCCCCC(CCCCC)B1OC(C)(C)C(C)(C)O1. The summed E-state index contributed by atoms with van der Waals surface area (Å²) in [5.41, 5.74) is -0.385. The molecule has 2 nitrogen and oxygen atoms in total. The molecule has 1 fully saturated rings. The third-order valence-corrected chi connectivity index (χ3v) is 5.76. The minimum atomic E-state index is -0.193. The van der Waals surface area contributed by atoms with Crippen molar-refractivity contribution in [3.8, 4) is 0 Å². The highest BCUT2D eigenvalue weighted by atomic mass is 16.7. The summed E-state index contributed by atoms with van der Waals surface area (Å²) >= 11 is 0. The molecule has 3 heteroatoms. The number of hydrogen-bond donors (Lipinski definition) is 0. The fourth-order valence-electron chi connectivity index (χ4n) is 3.34. The monoisotopic (exact) mass is 324 g/mol. The van der Waals surface area contributed by atoms with E-state index in [4.69, 9.17) is 9.31 Å². The van der Waals surface area contributed by atoms with Gasteiger partial charge in [0.2, 0.25) is 0 Å². The van der Waals surface area contributed by atoms with Gasteiger partial charge in [-0.25, -0.2) is 0 Å². The molecule has 1 heterocycles. The lowest BCUT2D eigenvalue weighted by atomic mass is 9.66. The van der Waals surface area contributed by atoms with Crippen LogP contribution in [0.4, 0.5) is 0 Å². The Kier molecular flexibility index (Phi) is 9.22. The Morgan fingerprint density at radius 3 is 1.57 bits per heavy atom. The Hall–Kier alpha value is -0.0151. The van der Waals surface area contributed by atoms with Crippen LogP contribution in [-0.2, 0) is 9.31 Å². The maximum Gasteiger partial charge on any atom is 0.461 e. The molecule has 0 saturated carbocycles. The molecule has 0 spiro atoms. The molecular formula is C20H41BO2. The van der Waals surface area contributed by atoms with Gasteiger partial charge in [-0.15, -0.1) is 0 Å². The summed E-state index contributed by atoms with van der Waals surface area (Å²) < 4.78 is 12.7. The molecule has 1 unspecified atom stereocenters. The van der Waals surface area contributed by atoms with Crippen LogP contribution in [0.15, 0.2) is 0 Å². The van der Waals surface area contributed by atoms with Gasteiger partial charge in [-0.05, 0) is 33.5 Å². The molecule has 0 amide bonds. The molecule has 1 saturated heterocycles. The highest BCUT2D eigenvalue weighted by molar-refractivity contribution is 6.47. The van der Waals surface area contributed by atoms with Crippen LogP contribution < -0.4 is 0 Å². The summed E-state index contributed by atoms with van der Waals surface area (Å²) in [6.07, 6.45) is 14.6. The molecule has 23 heavy (non-hydrogen) atoms. The lowest BCUT2D eigenvalue weighted by Crippen LogP contribution is -2.41. The van der Waals surface area contributed by atoms with E-state index in [0.717, 1.165) is 0 Å². The van der Waals surface area contributed by atoms with Gasteiger partial charge in [0.05, 0.1) is 11.2 Å². The minimum Gasteiger partial charge on any atom is -0.403 e. The van der Waals surface area contributed by atoms with E-state index in [1.54, 1.807) is 0 Å². The zero-order chi connectivity index (χ0) is 17.3. The van der Waals surface area contributed by atoms with Crippen LogP contribution in [0.3, 0.4) is 0 Å². The van der Waals surface area contributed by atoms with E-state index in [1.165, 1.54) is 70.6 Å². The molecule has 1 atom stereocenters. The van der Waals surface area contributed by atoms with Crippen LogP contribution >= 0.6 is 0 Å². The maximum absolute atomic E-state index is 6.33. The van der Waals surface area contributed by atoms with Crippen LogP contribution in [0.2, 0.25) is 5.82 Å². The first-order chi connectivity index (χ1) is 10.8. The molecule has 1 rings (SSSR count). The molecule has 0 N–H and O–H groups in total. The van der Waals surface area contributed by atoms with Crippen molar-refractivity contribution in [2.75, 3.05) is 0 Å². The second-order valence-electron chi connectivity index (χ2n) is 8.44. The van der Waals surface area contributed by atoms with E-state index < -0.39 is 0 Å². The fourth-order valence-corrected chi connectivity index (χ4v) is 3.34. The second kappa shape index (κ2) is 10.1. The summed E-state index contributed by atoms with van der Waals surface area (Å²) in [5.74, 6) is 0.564. The van der Waals surface area contributed by atoms with Crippen LogP contribution in [0.25, 0.3) is 0 Å². The average Bonchev–Trinajstić information content (AvgIpc) is 2.69. The van der Waals surface area contributed by atoms with Crippen LogP contribution in [0, 0.1) is 0 Å². The van der Waals surface area contributed by atoms with E-state index in [2.05, 4.69) is 41.5 Å². The van der Waals surface area contributed by atoms with Crippen molar-refractivity contribution in [2.45, 2.75) is 129 Å². The number of hydrogen-bond acceptors (Lipinski definition) is 2. The Morgan fingerprint density at radius 2 is 1.04 bits per heavy atom. The van der Waals surface area contributed by atoms with Gasteiger partial charge in [0.25, 0.3) is 0 Å². The van der Waals surface area contributed by atoms with Crippen molar-refractivity contribution in [2.24, 2.45) is 0 Å². The number of rotatable bonds is 12. The molecule has 0 aliphatic carbocycles. The molecule has 0 bridgehead atoms. The maximum atomic E-state index is 6.33. The number of unbranched alkanes of at least 4 members (excludes halogenated alkanes) is 7. The van der Waals surface area contributed by atoms with Gasteiger partial charge in [0.1, 0.15) is 0 Å².